The number of carbonyl (C=O) groups is 2. The molecule has 1 aliphatic heterocycles. The van der Waals surface area contributed by atoms with Gasteiger partial charge < -0.3 is 20.5 Å². The number of ether oxygens (including phenoxy) is 1. The lowest BCUT2D eigenvalue weighted by Crippen LogP contribution is -2.48. The molecule has 2 aromatic rings. The second kappa shape index (κ2) is 14.1. The number of amidine groups is 2. The molecule has 0 saturated carbocycles. The summed E-state index contributed by atoms with van der Waals surface area (Å²) in [6, 6.07) is 13.9. The number of urea groups is 1. The van der Waals surface area contributed by atoms with E-state index in [2.05, 4.69) is 29.5 Å². The van der Waals surface area contributed by atoms with Crippen LogP contribution in [0.15, 0.2) is 58.6 Å². The van der Waals surface area contributed by atoms with Gasteiger partial charge in [-0.3, -0.25) is 14.7 Å². The van der Waals surface area contributed by atoms with E-state index >= 15 is 0 Å². The van der Waals surface area contributed by atoms with Crippen LogP contribution in [0.3, 0.4) is 0 Å². The van der Waals surface area contributed by atoms with Crippen molar-refractivity contribution >= 4 is 35.0 Å². The first-order valence-electron chi connectivity index (χ1n) is 13.2. The number of hydrogen-bond donors (Lipinski definition) is 3. The fraction of sp³-hybridized carbons (Fsp3) is 0.429. The van der Waals surface area contributed by atoms with Crippen LogP contribution in [0, 0.1) is 5.92 Å². The maximum absolute atomic E-state index is 13.2. The Bertz CT molecular complexity index is 1150. The molecular weight excluding hydrogens is 484 g/mol. The summed E-state index contributed by atoms with van der Waals surface area (Å²) in [7, 11) is 0. The van der Waals surface area contributed by atoms with Crippen LogP contribution in [0.1, 0.15) is 46.1 Å². The Morgan fingerprint density at radius 2 is 1.92 bits per heavy atom. The number of rotatable bonds is 11. The Kier molecular flexibility index (Phi) is 10.7. The van der Waals surface area contributed by atoms with E-state index in [-0.39, 0.29) is 31.5 Å². The van der Waals surface area contributed by atoms with E-state index < -0.39 is 6.03 Å². The van der Waals surface area contributed by atoms with Crippen molar-refractivity contribution in [2.45, 2.75) is 40.5 Å². The van der Waals surface area contributed by atoms with Gasteiger partial charge in [0.15, 0.2) is 5.84 Å². The van der Waals surface area contributed by atoms with Crippen molar-refractivity contribution in [3.05, 3.63) is 54.1 Å². The quantitative estimate of drug-likeness (QED) is 0.304. The predicted molar refractivity (Wildman–Crippen MR) is 151 cm³/mol. The minimum atomic E-state index is -0.400. The average Bonchev–Trinajstić information content (AvgIpc) is 2.93. The Morgan fingerprint density at radius 1 is 1.18 bits per heavy atom. The standard InChI is InChI=1S/C28H38N6O4/c1-5-20(6-2)27(29-7-3)34-19-25(36)31-26(32-34)23-18-21(14-15-24(23)38-8-4)30-28(37)33(16-17-35)22-12-10-9-11-13-22/h9-15,18,20,35H,5-8,16-17,19H2,1-4H3,(H,30,37)(H,31,32,36). The van der Waals surface area contributed by atoms with Crippen molar-refractivity contribution in [1.82, 2.24) is 10.3 Å². The highest BCUT2D eigenvalue weighted by Gasteiger charge is 2.28. The van der Waals surface area contributed by atoms with Crippen molar-refractivity contribution in [2.24, 2.45) is 16.0 Å². The molecule has 0 aliphatic carbocycles. The van der Waals surface area contributed by atoms with E-state index in [0.29, 0.717) is 41.7 Å². The molecule has 0 spiro atoms. The third-order valence-electron chi connectivity index (χ3n) is 6.13. The molecule has 204 valence electrons. The van der Waals surface area contributed by atoms with Gasteiger partial charge in [0.05, 0.1) is 25.3 Å². The molecule has 1 heterocycles. The Hall–Kier alpha value is -3.92. The first-order valence-corrected chi connectivity index (χ1v) is 13.2. The van der Waals surface area contributed by atoms with Gasteiger partial charge in [0.1, 0.15) is 18.1 Å². The third kappa shape index (κ3) is 7.10. The summed E-state index contributed by atoms with van der Waals surface area (Å²) < 4.78 is 5.84. The van der Waals surface area contributed by atoms with Gasteiger partial charge in [-0.15, -0.1) is 0 Å². The third-order valence-corrected chi connectivity index (χ3v) is 6.13. The molecule has 10 nitrogen and oxygen atoms in total. The molecule has 0 radical (unpaired) electrons. The zero-order chi connectivity index (χ0) is 27.5. The smallest absolute Gasteiger partial charge is 0.326 e. The molecule has 0 aromatic heterocycles. The maximum Gasteiger partial charge on any atom is 0.326 e. The minimum absolute atomic E-state index is 0.0758. The predicted octanol–water partition coefficient (Wildman–Crippen LogP) is 4.06. The summed E-state index contributed by atoms with van der Waals surface area (Å²) >= 11 is 0. The van der Waals surface area contributed by atoms with Gasteiger partial charge in [-0.25, -0.2) is 9.80 Å². The normalized spacial score (nSPS) is 13.7. The van der Waals surface area contributed by atoms with E-state index in [1.807, 2.05) is 32.0 Å². The number of amides is 3. The van der Waals surface area contributed by atoms with E-state index in [1.165, 1.54) is 4.90 Å². The van der Waals surface area contributed by atoms with Crippen LogP contribution in [-0.2, 0) is 4.79 Å². The summed E-state index contributed by atoms with van der Waals surface area (Å²) in [6.45, 7) is 9.06. The van der Waals surface area contributed by atoms with Crippen LogP contribution in [0.25, 0.3) is 0 Å². The molecule has 0 fully saturated rings. The number of carbonyl (C=O) groups excluding carboxylic acids is 2. The number of para-hydroxylation sites is 1. The number of anilines is 2. The minimum Gasteiger partial charge on any atom is -0.493 e. The molecule has 0 bridgehead atoms. The summed E-state index contributed by atoms with van der Waals surface area (Å²) in [5.41, 5.74) is 1.69. The van der Waals surface area contributed by atoms with Gasteiger partial charge in [0.2, 0.25) is 5.91 Å². The lowest BCUT2D eigenvalue weighted by atomic mass is 10.0. The first kappa shape index (κ1) is 28.6. The number of nitrogens with zero attached hydrogens (tertiary/aromatic N) is 4. The molecule has 3 amide bonds. The van der Waals surface area contributed by atoms with Crippen LogP contribution in [0.5, 0.6) is 5.75 Å². The average molecular weight is 523 g/mol. The zero-order valence-corrected chi connectivity index (χ0v) is 22.6. The van der Waals surface area contributed by atoms with Crippen LogP contribution >= 0.6 is 0 Å². The maximum atomic E-state index is 13.2. The highest BCUT2D eigenvalue weighted by molar-refractivity contribution is 6.13. The molecule has 38 heavy (non-hydrogen) atoms. The largest absolute Gasteiger partial charge is 0.493 e. The van der Waals surface area contributed by atoms with Gasteiger partial charge in [-0.1, -0.05) is 32.0 Å². The van der Waals surface area contributed by atoms with Crippen LogP contribution in [0.4, 0.5) is 16.2 Å². The molecule has 2 aromatic carbocycles. The highest BCUT2D eigenvalue weighted by atomic mass is 16.5. The molecular formula is C28H38N6O4. The Morgan fingerprint density at radius 3 is 2.55 bits per heavy atom. The summed E-state index contributed by atoms with van der Waals surface area (Å²) in [4.78, 5) is 32.1. The van der Waals surface area contributed by atoms with Crippen molar-refractivity contribution < 1.29 is 19.4 Å². The van der Waals surface area contributed by atoms with E-state index in [4.69, 9.17) is 9.84 Å². The summed E-state index contributed by atoms with van der Waals surface area (Å²) in [5.74, 6) is 1.61. The second-order valence-corrected chi connectivity index (χ2v) is 8.69. The number of aliphatic hydroxyl groups is 1. The fourth-order valence-corrected chi connectivity index (χ4v) is 4.30. The lowest BCUT2D eigenvalue weighted by Gasteiger charge is -2.30. The molecule has 1 aliphatic rings. The zero-order valence-electron chi connectivity index (χ0n) is 22.6. The van der Waals surface area contributed by atoms with Gasteiger partial charge in [0.25, 0.3) is 0 Å². The Balaban J connectivity index is 1.98. The molecule has 0 unspecified atom stereocenters. The lowest BCUT2D eigenvalue weighted by molar-refractivity contribution is -0.120. The summed E-state index contributed by atoms with van der Waals surface area (Å²) in [6.07, 6.45) is 1.77. The van der Waals surface area contributed by atoms with Crippen molar-refractivity contribution in [3.8, 4) is 5.75 Å². The van der Waals surface area contributed by atoms with Crippen LogP contribution in [0.2, 0.25) is 0 Å². The molecule has 0 saturated heterocycles. The molecule has 3 N–H and O–H groups in total. The number of hydrazone groups is 1. The molecule has 3 rings (SSSR count). The van der Waals surface area contributed by atoms with E-state index in [0.717, 1.165) is 18.7 Å². The fourth-order valence-electron chi connectivity index (χ4n) is 4.30. The van der Waals surface area contributed by atoms with Gasteiger partial charge in [0, 0.05) is 23.8 Å². The number of hydrogen-bond acceptors (Lipinski definition) is 6. The van der Waals surface area contributed by atoms with Crippen LogP contribution < -0.4 is 20.3 Å². The first-order chi connectivity index (χ1) is 18.4. The number of aliphatic hydroxyl groups excluding tert-OH is 1. The van der Waals surface area contributed by atoms with E-state index in [9.17, 15) is 14.7 Å². The van der Waals surface area contributed by atoms with E-state index in [1.54, 1.807) is 35.3 Å². The monoisotopic (exact) mass is 522 g/mol. The molecule has 0 atom stereocenters. The van der Waals surface area contributed by atoms with Gasteiger partial charge in [-0.2, -0.15) is 5.10 Å². The second-order valence-electron chi connectivity index (χ2n) is 8.69. The van der Waals surface area contributed by atoms with Crippen molar-refractivity contribution in [2.75, 3.05) is 43.1 Å². The van der Waals surface area contributed by atoms with Crippen LogP contribution in [-0.4, -0.2) is 66.6 Å². The molecule has 10 heteroatoms. The van der Waals surface area contributed by atoms with Crippen molar-refractivity contribution in [1.29, 1.82) is 0 Å². The van der Waals surface area contributed by atoms with Gasteiger partial charge in [-0.05, 0) is 57.0 Å². The summed E-state index contributed by atoms with van der Waals surface area (Å²) in [5, 5.41) is 21.7. The van der Waals surface area contributed by atoms with Crippen molar-refractivity contribution in [3.63, 3.8) is 0 Å². The number of aliphatic imine (C=N–C) groups is 1. The Labute approximate surface area is 224 Å². The SMILES string of the molecule is CCN=C(C(CC)CC)N1CC(=O)NC(c2cc(NC(=O)N(CCO)c3ccccc3)ccc2OCC)=N1. The number of nitrogens with one attached hydrogen (secondary N) is 2. The number of benzene rings is 2. The van der Waals surface area contributed by atoms with Gasteiger partial charge >= 0.3 is 6.03 Å². The highest BCUT2D eigenvalue weighted by Crippen LogP contribution is 2.26. The topological polar surface area (TPSA) is 119 Å².